The van der Waals surface area contributed by atoms with Gasteiger partial charge < -0.3 is 24.7 Å². The molecule has 2 aromatic rings. The first-order chi connectivity index (χ1) is 19.8. The Hall–Kier alpha value is -3.12. The second-order valence-corrected chi connectivity index (χ2v) is 11.7. The van der Waals surface area contributed by atoms with E-state index in [2.05, 4.69) is 44.9 Å². The maximum absolute atomic E-state index is 13.6. The summed E-state index contributed by atoms with van der Waals surface area (Å²) >= 11 is 0. The monoisotopic (exact) mass is 560 g/mol. The molecule has 5 rings (SSSR count). The number of hydrogen-bond donors (Lipinski definition) is 2. The number of rotatable bonds is 7. The van der Waals surface area contributed by atoms with Crippen LogP contribution in [0.15, 0.2) is 23.0 Å². The number of amides is 1. The van der Waals surface area contributed by atoms with E-state index < -0.39 is 0 Å². The van der Waals surface area contributed by atoms with Crippen LogP contribution in [0, 0.1) is 38.5 Å². The van der Waals surface area contributed by atoms with E-state index in [9.17, 15) is 9.59 Å². The number of likely N-dealkylation sites (tertiary alicyclic amines) is 1. The van der Waals surface area contributed by atoms with E-state index in [0.717, 1.165) is 99.8 Å². The van der Waals surface area contributed by atoms with E-state index in [4.69, 9.17) is 9.47 Å². The third-order valence-electron chi connectivity index (χ3n) is 8.91. The zero-order valence-corrected chi connectivity index (χ0v) is 25.0. The quantitative estimate of drug-likeness (QED) is 0.503. The highest BCUT2D eigenvalue weighted by Crippen LogP contribution is 2.30. The third kappa shape index (κ3) is 6.86. The molecule has 0 radical (unpaired) electrons. The van der Waals surface area contributed by atoms with Gasteiger partial charge in [-0.1, -0.05) is 11.8 Å². The van der Waals surface area contributed by atoms with Gasteiger partial charge in [0.25, 0.3) is 11.5 Å². The van der Waals surface area contributed by atoms with Crippen LogP contribution in [0.3, 0.4) is 0 Å². The zero-order valence-electron chi connectivity index (χ0n) is 25.0. The molecule has 4 heterocycles. The lowest BCUT2D eigenvalue weighted by Gasteiger charge is -2.40. The minimum atomic E-state index is -0.189. The molecule has 1 aromatic heterocycles. The Kier molecular flexibility index (Phi) is 9.49. The number of carbonyl (C=O) groups excluding carboxylic acids is 1. The van der Waals surface area contributed by atoms with Crippen molar-refractivity contribution in [2.75, 3.05) is 51.0 Å². The highest BCUT2D eigenvalue weighted by atomic mass is 16.5. The lowest BCUT2D eigenvalue weighted by atomic mass is 9.94. The number of benzene rings is 1. The molecule has 3 fully saturated rings. The number of nitrogens with zero attached hydrogens (tertiary/aromatic N) is 2. The van der Waals surface area contributed by atoms with Gasteiger partial charge in [0.1, 0.15) is 0 Å². The van der Waals surface area contributed by atoms with Crippen molar-refractivity contribution < 1.29 is 14.3 Å². The normalized spacial score (nSPS) is 18.8. The summed E-state index contributed by atoms with van der Waals surface area (Å²) in [6.45, 7) is 14.3. The fraction of sp³-hybridized carbons (Fsp3) is 0.576. The van der Waals surface area contributed by atoms with Gasteiger partial charge in [-0.2, -0.15) is 0 Å². The van der Waals surface area contributed by atoms with Crippen molar-refractivity contribution in [3.8, 4) is 11.8 Å². The molecule has 8 nitrogen and oxygen atoms in total. The molecule has 2 N–H and O–H groups in total. The average Bonchev–Trinajstić information content (AvgIpc) is 2.93. The van der Waals surface area contributed by atoms with Crippen LogP contribution in [0.25, 0.3) is 0 Å². The second-order valence-electron chi connectivity index (χ2n) is 11.7. The van der Waals surface area contributed by atoms with E-state index in [0.29, 0.717) is 29.1 Å². The van der Waals surface area contributed by atoms with Crippen molar-refractivity contribution in [2.24, 2.45) is 5.92 Å². The summed E-state index contributed by atoms with van der Waals surface area (Å²) in [5.74, 6) is 7.15. The largest absolute Gasteiger partial charge is 0.381 e. The maximum atomic E-state index is 13.6. The van der Waals surface area contributed by atoms with Crippen LogP contribution in [0.1, 0.15) is 70.9 Å². The van der Waals surface area contributed by atoms with Gasteiger partial charge in [-0.3, -0.25) is 14.5 Å². The molecule has 0 spiro atoms. The van der Waals surface area contributed by atoms with E-state index >= 15 is 0 Å². The van der Waals surface area contributed by atoms with Crippen LogP contribution in [-0.4, -0.2) is 73.9 Å². The second kappa shape index (κ2) is 13.2. The summed E-state index contributed by atoms with van der Waals surface area (Å²) in [7, 11) is 0. The SMILES string of the molecule is CCN(c1cc(C#CC2CCN(C3COC3)CC2)cc(C(=O)NCc2c(C)cc(C)[nH]c2=O)c1C)C1CCOCC1. The lowest BCUT2D eigenvalue weighted by Crippen LogP contribution is -2.51. The van der Waals surface area contributed by atoms with Crippen molar-refractivity contribution in [3.05, 3.63) is 62.1 Å². The number of carbonyl (C=O) groups is 1. The van der Waals surface area contributed by atoms with Gasteiger partial charge in [0, 0.05) is 66.3 Å². The predicted octanol–water partition coefficient (Wildman–Crippen LogP) is 3.70. The third-order valence-corrected chi connectivity index (χ3v) is 8.91. The van der Waals surface area contributed by atoms with Crippen LogP contribution >= 0.6 is 0 Å². The molecule has 3 aliphatic heterocycles. The van der Waals surface area contributed by atoms with Crippen molar-refractivity contribution >= 4 is 11.6 Å². The summed E-state index contributed by atoms with van der Waals surface area (Å²) in [5.41, 5.74) is 5.56. The molecule has 220 valence electrons. The average molecular weight is 561 g/mol. The number of nitrogens with one attached hydrogen (secondary N) is 2. The molecule has 41 heavy (non-hydrogen) atoms. The Morgan fingerprint density at radius 1 is 1.07 bits per heavy atom. The minimum Gasteiger partial charge on any atom is -0.381 e. The topological polar surface area (TPSA) is 86.9 Å². The summed E-state index contributed by atoms with van der Waals surface area (Å²) in [6, 6.07) is 6.95. The Morgan fingerprint density at radius 3 is 2.44 bits per heavy atom. The maximum Gasteiger partial charge on any atom is 0.253 e. The Morgan fingerprint density at radius 2 is 1.80 bits per heavy atom. The minimum absolute atomic E-state index is 0.160. The molecular weight excluding hydrogens is 516 g/mol. The van der Waals surface area contributed by atoms with Crippen molar-refractivity contribution in [1.29, 1.82) is 0 Å². The molecule has 0 saturated carbocycles. The highest BCUT2D eigenvalue weighted by molar-refractivity contribution is 5.97. The number of ether oxygens (including phenoxy) is 2. The van der Waals surface area contributed by atoms with E-state index in [1.807, 2.05) is 32.9 Å². The van der Waals surface area contributed by atoms with Crippen LogP contribution in [0.2, 0.25) is 0 Å². The molecule has 0 atom stereocenters. The molecule has 3 saturated heterocycles. The van der Waals surface area contributed by atoms with Crippen LogP contribution in [0.4, 0.5) is 5.69 Å². The highest BCUT2D eigenvalue weighted by Gasteiger charge is 2.29. The number of anilines is 1. The van der Waals surface area contributed by atoms with E-state index in [-0.39, 0.29) is 18.0 Å². The fourth-order valence-electron chi connectivity index (χ4n) is 6.32. The predicted molar refractivity (Wildman–Crippen MR) is 162 cm³/mol. The van der Waals surface area contributed by atoms with Crippen molar-refractivity contribution in [2.45, 2.75) is 72.0 Å². The molecule has 0 bridgehead atoms. The van der Waals surface area contributed by atoms with Gasteiger partial charge in [0.15, 0.2) is 0 Å². The standard InChI is InChI=1S/C33H44N4O4/c1-5-37(27-10-14-40-15-11-27)31-18-26(7-6-25-8-12-36(13-9-25)28-20-41-21-28)17-29(24(31)4)32(38)34-19-30-22(2)16-23(3)35-33(30)39/h16-18,25,27-28H,5,8-15,19-21H2,1-4H3,(H,34,38)(H,35,39). The molecule has 8 heteroatoms. The first kappa shape index (κ1) is 29.4. The summed E-state index contributed by atoms with van der Waals surface area (Å²) in [4.78, 5) is 34.0. The Balaban J connectivity index is 1.40. The molecule has 0 unspecified atom stereocenters. The van der Waals surface area contributed by atoms with Gasteiger partial charge in [0.05, 0.1) is 19.3 Å². The number of hydrogen-bond acceptors (Lipinski definition) is 6. The number of aryl methyl sites for hydroxylation is 2. The number of pyridine rings is 1. The lowest BCUT2D eigenvalue weighted by molar-refractivity contribution is -0.0719. The van der Waals surface area contributed by atoms with Crippen LogP contribution in [-0.2, 0) is 16.0 Å². The molecule has 1 amide bonds. The summed E-state index contributed by atoms with van der Waals surface area (Å²) < 4.78 is 11.0. The summed E-state index contributed by atoms with van der Waals surface area (Å²) in [5, 5.41) is 3.02. The van der Waals surface area contributed by atoms with Crippen molar-refractivity contribution in [3.63, 3.8) is 0 Å². The summed E-state index contributed by atoms with van der Waals surface area (Å²) in [6.07, 6.45) is 4.04. The van der Waals surface area contributed by atoms with Crippen molar-refractivity contribution in [1.82, 2.24) is 15.2 Å². The number of H-pyrrole nitrogens is 1. The molecule has 1 aromatic carbocycles. The fourth-order valence-corrected chi connectivity index (χ4v) is 6.32. The molecular formula is C33H44N4O4. The number of piperidine rings is 1. The van der Waals surface area contributed by atoms with Gasteiger partial charge in [-0.05, 0) is 95.8 Å². The van der Waals surface area contributed by atoms with Crippen LogP contribution < -0.4 is 15.8 Å². The Labute approximate surface area is 243 Å². The molecule has 3 aliphatic rings. The first-order valence-corrected chi connectivity index (χ1v) is 15.1. The number of aromatic nitrogens is 1. The van der Waals surface area contributed by atoms with E-state index in [1.165, 1.54) is 0 Å². The van der Waals surface area contributed by atoms with Gasteiger partial charge in [-0.25, -0.2) is 0 Å². The molecule has 0 aliphatic carbocycles. The van der Waals surface area contributed by atoms with E-state index in [1.54, 1.807) is 0 Å². The van der Waals surface area contributed by atoms with Gasteiger partial charge in [-0.15, -0.1) is 0 Å². The zero-order chi connectivity index (χ0) is 28.9. The smallest absolute Gasteiger partial charge is 0.253 e. The van der Waals surface area contributed by atoms with Gasteiger partial charge >= 0.3 is 0 Å². The number of aromatic amines is 1. The first-order valence-electron chi connectivity index (χ1n) is 15.1. The van der Waals surface area contributed by atoms with Crippen LogP contribution in [0.5, 0.6) is 0 Å². The van der Waals surface area contributed by atoms with Gasteiger partial charge in [0.2, 0.25) is 0 Å². The Bertz CT molecular complexity index is 1360.